The van der Waals surface area contributed by atoms with Gasteiger partial charge in [0.25, 0.3) is 0 Å². The predicted molar refractivity (Wildman–Crippen MR) is 124 cm³/mol. The molecule has 0 aromatic heterocycles. The lowest BCUT2D eigenvalue weighted by Gasteiger charge is -2.40. The number of carbonyl (C=O) groups is 2. The molecule has 0 saturated carbocycles. The summed E-state index contributed by atoms with van der Waals surface area (Å²) in [4.78, 5) is 29.3. The second-order valence-electron chi connectivity index (χ2n) is 9.14. The molecule has 34 heavy (non-hydrogen) atoms. The van der Waals surface area contributed by atoms with Crippen molar-refractivity contribution in [3.8, 4) is 12.1 Å². The van der Waals surface area contributed by atoms with E-state index in [4.69, 9.17) is 20.0 Å². The molecule has 1 unspecified atom stereocenters. The lowest BCUT2D eigenvalue weighted by Crippen LogP contribution is -2.58. The monoisotopic (exact) mass is 460 g/mol. The molecule has 0 radical (unpaired) electrons. The average Bonchev–Trinajstić information content (AvgIpc) is 2.82. The molecule has 1 saturated heterocycles. The number of nitriles is 2. The molecule has 1 heterocycles. The van der Waals surface area contributed by atoms with Crippen LogP contribution < -0.4 is 0 Å². The zero-order valence-electron chi connectivity index (χ0n) is 19.7. The first-order valence-electron chi connectivity index (χ1n) is 11.0. The molecule has 2 aromatic rings. The second-order valence-corrected chi connectivity index (χ2v) is 9.14. The van der Waals surface area contributed by atoms with Crippen LogP contribution in [-0.2, 0) is 27.4 Å². The summed E-state index contributed by atoms with van der Waals surface area (Å²) in [5, 5.41) is 18.0. The largest absolute Gasteiger partial charge is 0.460 e. The summed E-state index contributed by atoms with van der Waals surface area (Å²) < 4.78 is 11.1. The Labute approximate surface area is 199 Å². The molecule has 0 spiro atoms. The van der Waals surface area contributed by atoms with E-state index in [1.54, 1.807) is 57.2 Å². The van der Waals surface area contributed by atoms with E-state index in [0.717, 1.165) is 11.1 Å². The van der Waals surface area contributed by atoms with E-state index in [9.17, 15) is 9.59 Å². The summed E-state index contributed by atoms with van der Waals surface area (Å²) in [5.41, 5.74) is 2.18. The molecule has 2 aromatic carbocycles. The van der Waals surface area contributed by atoms with Gasteiger partial charge in [-0.05, 0) is 56.2 Å². The highest BCUT2D eigenvalue weighted by molar-refractivity contribution is 5.78. The van der Waals surface area contributed by atoms with Crippen LogP contribution in [0.15, 0.2) is 48.5 Å². The highest BCUT2D eigenvalue weighted by Gasteiger charge is 2.37. The second kappa shape index (κ2) is 10.8. The number of piperazine rings is 1. The van der Waals surface area contributed by atoms with Crippen molar-refractivity contribution in [2.75, 3.05) is 19.6 Å². The van der Waals surface area contributed by atoms with Gasteiger partial charge in [0.1, 0.15) is 18.2 Å². The molecule has 8 nitrogen and oxygen atoms in total. The molecule has 0 bridgehead atoms. The molecule has 3 rings (SSSR count). The highest BCUT2D eigenvalue weighted by Crippen LogP contribution is 2.19. The van der Waals surface area contributed by atoms with Gasteiger partial charge in [-0.25, -0.2) is 4.79 Å². The van der Waals surface area contributed by atoms with E-state index in [1.807, 2.05) is 17.0 Å². The summed E-state index contributed by atoms with van der Waals surface area (Å²) in [5.74, 6) is -0.439. The molecular formula is C26H28N4O4. The fraction of sp³-hybridized carbons (Fsp3) is 0.385. The van der Waals surface area contributed by atoms with Crippen LogP contribution in [0.25, 0.3) is 0 Å². The van der Waals surface area contributed by atoms with Crippen LogP contribution >= 0.6 is 0 Å². The number of amides is 1. The van der Waals surface area contributed by atoms with E-state index in [-0.39, 0.29) is 13.2 Å². The van der Waals surface area contributed by atoms with Crippen molar-refractivity contribution in [3.05, 3.63) is 70.8 Å². The van der Waals surface area contributed by atoms with Gasteiger partial charge in [0.2, 0.25) is 0 Å². The third-order valence-electron chi connectivity index (χ3n) is 5.35. The Morgan fingerprint density at radius 1 is 0.941 bits per heavy atom. The summed E-state index contributed by atoms with van der Waals surface area (Å²) in [6, 6.07) is 17.5. The van der Waals surface area contributed by atoms with E-state index in [2.05, 4.69) is 12.1 Å². The van der Waals surface area contributed by atoms with Crippen LogP contribution in [0.2, 0.25) is 0 Å². The van der Waals surface area contributed by atoms with Gasteiger partial charge in [-0.15, -0.1) is 0 Å². The molecule has 8 heteroatoms. The summed E-state index contributed by atoms with van der Waals surface area (Å²) >= 11 is 0. The third kappa shape index (κ3) is 6.81. The molecule has 0 aliphatic carbocycles. The summed E-state index contributed by atoms with van der Waals surface area (Å²) in [7, 11) is 0. The van der Waals surface area contributed by atoms with Crippen molar-refractivity contribution < 1.29 is 19.1 Å². The highest BCUT2D eigenvalue weighted by atomic mass is 16.6. The Hall–Kier alpha value is -3.88. The van der Waals surface area contributed by atoms with Crippen LogP contribution in [-0.4, -0.2) is 53.1 Å². The van der Waals surface area contributed by atoms with Gasteiger partial charge in [-0.2, -0.15) is 10.5 Å². The molecule has 176 valence electrons. The minimum absolute atomic E-state index is 0.0676. The zero-order chi connectivity index (χ0) is 24.7. The molecule has 1 fully saturated rings. The lowest BCUT2D eigenvalue weighted by molar-refractivity contribution is -0.154. The minimum atomic E-state index is -0.671. The number of benzene rings is 2. The van der Waals surface area contributed by atoms with E-state index in [1.165, 1.54) is 4.90 Å². The Kier molecular flexibility index (Phi) is 7.88. The number of hydrogen-bond donors (Lipinski definition) is 0. The first-order chi connectivity index (χ1) is 16.2. The van der Waals surface area contributed by atoms with Crippen molar-refractivity contribution in [2.24, 2.45) is 0 Å². The van der Waals surface area contributed by atoms with Crippen molar-refractivity contribution in [1.29, 1.82) is 10.5 Å². The summed E-state index contributed by atoms with van der Waals surface area (Å²) in [6.45, 7) is 6.99. The number of nitrogens with zero attached hydrogens (tertiary/aromatic N) is 4. The number of hydrogen-bond acceptors (Lipinski definition) is 7. The smallest absolute Gasteiger partial charge is 0.410 e. The van der Waals surface area contributed by atoms with Crippen LogP contribution in [0.3, 0.4) is 0 Å². The van der Waals surface area contributed by atoms with Gasteiger partial charge in [-0.3, -0.25) is 9.69 Å². The van der Waals surface area contributed by atoms with Gasteiger partial charge in [-0.1, -0.05) is 24.3 Å². The van der Waals surface area contributed by atoms with E-state index >= 15 is 0 Å². The SMILES string of the molecule is CC(C)(C)OC(=O)N1CCN(Cc2ccc(C#N)cc2)C(C(=O)OCc2ccc(C#N)cc2)C1. The minimum Gasteiger partial charge on any atom is -0.460 e. The van der Waals surface area contributed by atoms with Crippen molar-refractivity contribution >= 4 is 12.1 Å². The van der Waals surface area contributed by atoms with Crippen LogP contribution in [0, 0.1) is 22.7 Å². The van der Waals surface area contributed by atoms with Crippen LogP contribution in [0.1, 0.15) is 43.0 Å². The first kappa shape index (κ1) is 24.8. The van der Waals surface area contributed by atoms with E-state index < -0.39 is 23.7 Å². The maximum atomic E-state index is 13.1. The Morgan fingerprint density at radius 3 is 2.03 bits per heavy atom. The summed E-state index contributed by atoms with van der Waals surface area (Å²) in [6.07, 6.45) is -0.463. The average molecular weight is 461 g/mol. The fourth-order valence-corrected chi connectivity index (χ4v) is 3.57. The van der Waals surface area contributed by atoms with Crippen LogP contribution in [0.5, 0.6) is 0 Å². The van der Waals surface area contributed by atoms with Crippen LogP contribution in [0.4, 0.5) is 4.79 Å². The standard InChI is InChI=1S/C26H28N4O4/c1-26(2,3)34-25(32)30-13-12-29(16-21-8-4-19(14-27)5-9-21)23(17-30)24(31)33-18-22-10-6-20(15-28)7-11-22/h4-11,23H,12-13,16-18H2,1-3H3. The third-order valence-corrected chi connectivity index (χ3v) is 5.35. The molecular weight excluding hydrogens is 432 g/mol. The number of ether oxygens (including phenoxy) is 2. The Morgan fingerprint density at radius 2 is 1.50 bits per heavy atom. The van der Waals surface area contributed by atoms with Gasteiger partial charge < -0.3 is 14.4 Å². The normalized spacial score (nSPS) is 16.3. The quantitative estimate of drug-likeness (QED) is 0.628. The van der Waals surface area contributed by atoms with Crippen molar-refractivity contribution in [1.82, 2.24) is 9.80 Å². The lowest BCUT2D eigenvalue weighted by atomic mass is 10.1. The fourth-order valence-electron chi connectivity index (χ4n) is 3.57. The maximum absolute atomic E-state index is 13.1. The molecule has 1 atom stereocenters. The molecule has 1 aliphatic heterocycles. The Balaban J connectivity index is 1.72. The number of carbonyl (C=O) groups excluding carboxylic acids is 2. The van der Waals surface area contributed by atoms with Gasteiger partial charge in [0.15, 0.2) is 0 Å². The van der Waals surface area contributed by atoms with Crippen molar-refractivity contribution in [2.45, 2.75) is 45.6 Å². The number of rotatable bonds is 5. The first-order valence-corrected chi connectivity index (χ1v) is 11.0. The Bertz CT molecular complexity index is 1090. The molecule has 0 N–H and O–H groups in total. The maximum Gasteiger partial charge on any atom is 0.410 e. The zero-order valence-corrected chi connectivity index (χ0v) is 19.7. The van der Waals surface area contributed by atoms with Gasteiger partial charge in [0.05, 0.1) is 29.8 Å². The number of esters is 1. The molecule has 1 amide bonds. The molecule has 1 aliphatic rings. The van der Waals surface area contributed by atoms with E-state index in [0.29, 0.717) is 30.8 Å². The van der Waals surface area contributed by atoms with Gasteiger partial charge in [0, 0.05) is 19.6 Å². The van der Waals surface area contributed by atoms with Gasteiger partial charge >= 0.3 is 12.1 Å². The predicted octanol–water partition coefficient (Wildman–Crippen LogP) is 3.59. The van der Waals surface area contributed by atoms with Crippen molar-refractivity contribution in [3.63, 3.8) is 0 Å². The topological polar surface area (TPSA) is 107 Å².